The molecule has 4 nitrogen and oxygen atoms in total. The standard InChI is InChI=1S/C12H12F3NO3/c13-12(14,15)19-10-6-5-9(16-11(10)18)7-1-3-8(17)4-2-7/h5-7H,1-4H2,(H,16,18). The lowest BCUT2D eigenvalue weighted by Crippen LogP contribution is -2.24. The molecule has 0 saturated heterocycles. The second kappa shape index (κ2) is 5.07. The normalized spacial score (nSPS) is 17.5. The maximum Gasteiger partial charge on any atom is 0.573 e. The highest BCUT2D eigenvalue weighted by atomic mass is 19.4. The first-order valence-corrected chi connectivity index (χ1v) is 5.86. The molecule has 0 aromatic carbocycles. The topological polar surface area (TPSA) is 59.2 Å². The highest BCUT2D eigenvalue weighted by Crippen LogP contribution is 2.30. The van der Waals surface area contributed by atoms with Gasteiger partial charge in [0, 0.05) is 18.5 Å². The van der Waals surface area contributed by atoms with Crippen LogP contribution in [0.3, 0.4) is 0 Å². The van der Waals surface area contributed by atoms with E-state index in [9.17, 15) is 22.8 Å². The molecule has 7 heteroatoms. The van der Waals surface area contributed by atoms with E-state index >= 15 is 0 Å². The summed E-state index contributed by atoms with van der Waals surface area (Å²) < 4.78 is 39.6. The third-order valence-electron chi connectivity index (χ3n) is 3.10. The lowest BCUT2D eigenvalue weighted by molar-refractivity contribution is -0.275. The Morgan fingerprint density at radius 2 is 1.79 bits per heavy atom. The van der Waals surface area contributed by atoms with E-state index in [2.05, 4.69) is 9.72 Å². The number of alkyl halides is 3. The lowest BCUT2D eigenvalue weighted by atomic mass is 9.86. The van der Waals surface area contributed by atoms with Crippen LogP contribution in [0.15, 0.2) is 16.9 Å². The lowest BCUT2D eigenvalue weighted by Gasteiger charge is -2.21. The fourth-order valence-corrected chi connectivity index (χ4v) is 2.17. The van der Waals surface area contributed by atoms with E-state index in [1.54, 1.807) is 0 Å². The first kappa shape index (κ1) is 13.6. The highest BCUT2D eigenvalue weighted by molar-refractivity contribution is 5.79. The Labute approximate surface area is 106 Å². The smallest absolute Gasteiger partial charge is 0.400 e. The van der Waals surface area contributed by atoms with Crippen LogP contribution < -0.4 is 10.3 Å². The van der Waals surface area contributed by atoms with Crippen LogP contribution in [0.5, 0.6) is 5.75 Å². The Kier molecular flexibility index (Phi) is 3.64. The van der Waals surface area contributed by atoms with Crippen molar-refractivity contribution < 1.29 is 22.7 Å². The predicted molar refractivity (Wildman–Crippen MR) is 60.0 cm³/mol. The van der Waals surface area contributed by atoms with Crippen molar-refractivity contribution in [1.82, 2.24) is 4.98 Å². The van der Waals surface area contributed by atoms with Crippen LogP contribution in [0.4, 0.5) is 13.2 Å². The molecule has 104 valence electrons. The van der Waals surface area contributed by atoms with Gasteiger partial charge in [0.25, 0.3) is 5.56 Å². The molecule has 1 aliphatic carbocycles. The molecule has 1 aliphatic rings. The average Bonchev–Trinajstić information content (AvgIpc) is 2.31. The number of halogens is 3. The van der Waals surface area contributed by atoms with Crippen LogP contribution in [-0.2, 0) is 4.79 Å². The number of nitrogens with one attached hydrogen (secondary N) is 1. The molecule has 0 unspecified atom stereocenters. The zero-order valence-corrected chi connectivity index (χ0v) is 9.92. The van der Waals surface area contributed by atoms with Gasteiger partial charge >= 0.3 is 6.36 Å². The van der Waals surface area contributed by atoms with Crippen molar-refractivity contribution in [3.05, 3.63) is 28.2 Å². The molecule has 0 amide bonds. The highest BCUT2D eigenvalue weighted by Gasteiger charge is 2.32. The molecule has 0 aliphatic heterocycles. The van der Waals surface area contributed by atoms with Crippen molar-refractivity contribution >= 4 is 5.78 Å². The Bertz CT molecular complexity index is 526. The summed E-state index contributed by atoms with van der Waals surface area (Å²) in [5.74, 6) is -0.593. The van der Waals surface area contributed by atoms with Crippen LogP contribution in [0.25, 0.3) is 0 Å². The van der Waals surface area contributed by atoms with Crippen molar-refractivity contribution in [3.63, 3.8) is 0 Å². The molecular weight excluding hydrogens is 263 g/mol. The van der Waals surface area contributed by atoms with Crippen molar-refractivity contribution in [2.24, 2.45) is 0 Å². The van der Waals surface area contributed by atoms with Crippen molar-refractivity contribution in [3.8, 4) is 5.75 Å². The number of ether oxygens (including phenoxy) is 1. The van der Waals surface area contributed by atoms with Gasteiger partial charge < -0.3 is 9.72 Å². The second-order valence-electron chi connectivity index (χ2n) is 4.47. The van der Waals surface area contributed by atoms with Gasteiger partial charge in [-0.2, -0.15) is 0 Å². The molecule has 2 rings (SSSR count). The molecule has 1 N–H and O–H groups in total. The number of H-pyrrole nitrogens is 1. The van der Waals surface area contributed by atoms with Gasteiger partial charge in [-0.3, -0.25) is 9.59 Å². The van der Waals surface area contributed by atoms with E-state index in [4.69, 9.17) is 0 Å². The number of ketones is 1. The van der Waals surface area contributed by atoms with Crippen LogP contribution in [0.2, 0.25) is 0 Å². The first-order chi connectivity index (χ1) is 8.85. The summed E-state index contributed by atoms with van der Waals surface area (Å²) in [6.07, 6.45) is -2.80. The van der Waals surface area contributed by atoms with E-state index in [1.807, 2.05) is 0 Å². The average molecular weight is 275 g/mol. The minimum absolute atomic E-state index is 0.00494. The Morgan fingerprint density at radius 3 is 2.32 bits per heavy atom. The molecule has 1 fully saturated rings. The number of carbonyl (C=O) groups excluding carboxylic acids is 1. The van der Waals surface area contributed by atoms with Crippen LogP contribution in [0.1, 0.15) is 37.3 Å². The molecule has 1 aromatic rings. The van der Waals surface area contributed by atoms with Crippen molar-refractivity contribution in [2.45, 2.75) is 38.0 Å². The number of aromatic nitrogens is 1. The third-order valence-corrected chi connectivity index (χ3v) is 3.10. The van der Waals surface area contributed by atoms with E-state index < -0.39 is 17.7 Å². The molecule has 1 heterocycles. The minimum atomic E-state index is -4.88. The Morgan fingerprint density at radius 1 is 1.16 bits per heavy atom. The molecule has 0 radical (unpaired) electrons. The van der Waals surface area contributed by atoms with Gasteiger partial charge in [0.2, 0.25) is 0 Å². The number of pyridine rings is 1. The molecule has 0 atom stereocenters. The zero-order chi connectivity index (χ0) is 14.0. The van der Waals surface area contributed by atoms with Crippen LogP contribution in [0, 0.1) is 0 Å². The molecule has 1 saturated carbocycles. The SMILES string of the molecule is O=C1CCC(c2ccc(OC(F)(F)F)c(=O)[nH]2)CC1. The molecule has 0 spiro atoms. The number of hydrogen-bond acceptors (Lipinski definition) is 3. The maximum atomic E-state index is 12.0. The summed E-state index contributed by atoms with van der Waals surface area (Å²) in [5, 5.41) is 0. The predicted octanol–water partition coefficient (Wildman–Crippen LogP) is 2.50. The van der Waals surface area contributed by atoms with Crippen molar-refractivity contribution in [2.75, 3.05) is 0 Å². The van der Waals surface area contributed by atoms with E-state index in [0.29, 0.717) is 31.4 Å². The largest absolute Gasteiger partial charge is 0.573 e. The van der Waals surface area contributed by atoms with Gasteiger partial charge in [0.15, 0.2) is 5.75 Å². The Hall–Kier alpha value is -1.79. The van der Waals surface area contributed by atoms with Gasteiger partial charge in [-0.05, 0) is 30.9 Å². The van der Waals surface area contributed by atoms with E-state index in [1.165, 1.54) is 6.07 Å². The molecule has 19 heavy (non-hydrogen) atoms. The van der Waals surface area contributed by atoms with E-state index in [-0.39, 0.29) is 11.7 Å². The fraction of sp³-hybridized carbons (Fsp3) is 0.500. The van der Waals surface area contributed by atoms with Crippen LogP contribution in [-0.4, -0.2) is 17.1 Å². The van der Waals surface area contributed by atoms with E-state index in [0.717, 1.165) is 6.07 Å². The maximum absolute atomic E-state index is 12.0. The minimum Gasteiger partial charge on any atom is -0.400 e. The monoisotopic (exact) mass is 275 g/mol. The Balaban J connectivity index is 2.15. The number of Topliss-reactive ketones (excluding diaryl/α,β-unsaturated/α-hetero) is 1. The van der Waals surface area contributed by atoms with Gasteiger partial charge in [0.1, 0.15) is 5.78 Å². The fourth-order valence-electron chi connectivity index (χ4n) is 2.17. The van der Waals surface area contributed by atoms with Gasteiger partial charge in [0.05, 0.1) is 0 Å². The summed E-state index contributed by atoms with van der Waals surface area (Å²) >= 11 is 0. The molecular formula is C12H12F3NO3. The van der Waals surface area contributed by atoms with Crippen LogP contribution >= 0.6 is 0 Å². The van der Waals surface area contributed by atoms with Gasteiger partial charge in [-0.15, -0.1) is 13.2 Å². The molecule has 0 bridgehead atoms. The zero-order valence-electron chi connectivity index (χ0n) is 9.92. The summed E-state index contributed by atoms with van der Waals surface area (Å²) in [6.45, 7) is 0. The summed E-state index contributed by atoms with van der Waals surface area (Å²) in [7, 11) is 0. The number of carbonyl (C=O) groups is 1. The van der Waals surface area contributed by atoms with Crippen molar-refractivity contribution in [1.29, 1.82) is 0 Å². The number of hydrogen-bond donors (Lipinski definition) is 1. The first-order valence-electron chi connectivity index (χ1n) is 5.86. The quantitative estimate of drug-likeness (QED) is 0.902. The second-order valence-corrected chi connectivity index (χ2v) is 4.47. The molecule has 1 aromatic heterocycles. The number of rotatable bonds is 2. The summed E-state index contributed by atoms with van der Waals surface area (Å²) in [6, 6.07) is 2.42. The summed E-state index contributed by atoms with van der Waals surface area (Å²) in [4.78, 5) is 25.0. The van der Waals surface area contributed by atoms with Gasteiger partial charge in [-0.1, -0.05) is 0 Å². The third kappa shape index (κ3) is 3.59. The summed E-state index contributed by atoms with van der Waals surface area (Å²) in [5.41, 5.74) is -0.362. The van der Waals surface area contributed by atoms with Gasteiger partial charge in [-0.25, -0.2) is 0 Å². The number of aromatic amines is 1.